The highest BCUT2D eigenvalue weighted by molar-refractivity contribution is 5.93. The zero-order valence-corrected chi connectivity index (χ0v) is 25.9. The van der Waals surface area contributed by atoms with Crippen molar-refractivity contribution in [2.75, 3.05) is 58.3 Å². The van der Waals surface area contributed by atoms with Crippen LogP contribution in [0.3, 0.4) is 0 Å². The molecule has 3 saturated heterocycles. The van der Waals surface area contributed by atoms with Crippen LogP contribution in [-0.4, -0.2) is 110 Å². The monoisotopic (exact) mass is 589 g/mol. The highest BCUT2D eigenvalue weighted by Crippen LogP contribution is 2.47. The smallest absolute Gasteiger partial charge is 0.246 e. The summed E-state index contributed by atoms with van der Waals surface area (Å²) in [5.74, 6) is 0.208. The first-order chi connectivity index (χ1) is 20.7. The average Bonchev–Trinajstić information content (AvgIpc) is 3.42. The van der Waals surface area contributed by atoms with Gasteiger partial charge in [0.25, 0.3) is 0 Å². The van der Waals surface area contributed by atoms with E-state index in [0.717, 1.165) is 38.8 Å². The number of nitriles is 1. The molecule has 10 heteroatoms. The van der Waals surface area contributed by atoms with E-state index in [1.165, 1.54) is 29.3 Å². The minimum atomic E-state index is -0.460. The molecule has 1 spiro atoms. The quantitative estimate of drug-likeness (QED) is 0.481. The van der Waals surface area contributed by atoms with E-state index in [2.05, 4.69) is 77.2 Å². The molecule has 7 atom stereocenters. The van der Waals surface area contributed by atoms with E-state index in [1.54, 1.807) is 4.90 Å². The highest BCUT2D eigenvalue weighted by atomic mass is 16.5. The summed E-state index contributed by atoms with van der Waals surface area (Å²) < 4.78 is 6.49. The Morgan fingerprint density at radius 2 is 2.05 bits per heavy atom. The fourth-order valence-corrected chi connectivity index (χ4v) is 8.45. The maximum atomic E-state index is 14.7. The molecule has 43 heavy (non-hydrogen) atoms. The predicted octanol–water partition coefficient (Wildman–Crippen LogP) is 1.85. The molecule has 1 amide bonds. The van der Waals surface area contributed by atoms with E-state index in [-0.39, 0.29) is 42.3 Å². The molecule has 232 valence electrons. The number of fused-ring (bicyclic) bond motifs is 2. The molecule has 1 saturated carbocycles. The van der Waals surface area contributed by atoms with Gasteiger partial charge in [0.15, 0.2) is 12.1 Å². The zero-order valence-electron chi connectivity index (χ0n) is 25.9. The molecule has 10 nitrogen and oxygen atoms in total. The number of amides is 1. The van der Waals surface area contributed by atoms with Gasteiger partial charge in [0, 0.05) is 50.9 Å². The van der Waals surface area contributed by atoms with Gasteiger partial charge in [-0.15, -0.1) is 0 Å². The molecule has 5 aliphatic rings. The number of likely N-dealkylation sites (N-methyl/N-ethyl adjacent to an activating group) is 1. The van der Waals surface area contributed by atoms with Crippen molar-refractivity contribution in [3.8, 4) is 6.07 Å². The van der Waals surface area contributed by atoms with E-state index < -0.39 is 11.8 Å². The van der Waals surface area contributed by atoms with Crippen LogP contribution in [0.25, 0.3) is 0 Å². The number of benzene rings is 1. The van der Waals surface area contributed by atoms with Crippen molar-refractivity contribution < 1.29 is 14.3 Å². The number of anilines is 1. The van der Waals surface area contributed by atoms with Gasteiger partial charge in [0.1, 0.15) is 0 Å². The number of ether oxygens (including phenoxy) is 1. The Balaban J connectivity index is 1.26. The summed E-state index contributed by atoms with van der Waals surface area (Å²) in [6.07, 6.45) is 5.82. The van der Waals surface area contributed by atoms with Crippen LogP contribution in [0, 0.1) is 29.6 Å². The lowest BCUT2D eigenvalue weighted by atomic mass is 9.61. The van der Waals surface area contributed by atoms with Crippen molar-refractivity contribution in [3.05, 3.63) is 42.0 Å². The van der Waals surface area contributed by atoms with Gasteiger partial charge in [0.2, 0.25) is 5.91 Å². The number of carbonyl (C=O) groups excluding carboxylic acids is 2. The van der Waals surface area contributed by atoms with E-state index in [4.69, 9.17) is 4.74 Å². The zero-order chi connectivity index (χ0) is 30.3. The van der Waals surface area contributed by atoms with Gasteiger partial charge in [0.05, 0.1) is 42.8 Å². The number of hydrogen-bond donors (Lipinski definition) is 2. The second-order valence-corrected chi connectivity index (χ2v) is 13.5. The summed E-state index contributed by atoms with van der Waals surface area (Å²) in [6, 6.07) is 8.67. The first-order valence-corrected chi connectivity index (χ1v) is 16.0. The summed E-state index contributed by atoms with van der Waals surface area (Å²) in [5, 5.41) is 16.9. The summed E-state index contributed by atoms with van der Waals surface area (Å²) in [5.41, 5.74) is 3.27. The van der Waals surface area contributed by atoms with Crippen LogP contribution < -0.4 is 15.5 Å². The summed E-state index contributed by atoms with van der Waals surface area (Å²) >= 11 is 0. The summed E-state index contributed by atoms with van der Waals surface area (Å²) in [6.45, 7) is 9.93. The first-order valence-electron chi connectivity index (χ1n) is 16.0. The molecule has 4 fully saturated rings. The highest BCUT2D eigenvalue weighted by Gasteiger charge is 2.56. The maximum Gasteiger partial charge on any atom is 0.246 e. The number of carbonyl (C=O) groups is 2. The lowest BCUT2D eigenvalue weighted by Gasteiger charge is -2.56. The molecule has 6 rings (SSSR count). The van der Waals surface area contributed by atoms with Crippen LogP contribution in [0.1, 0.15) is 43.2 Å². The number of ketones is 1. The minimum Gasteiger partial charge on any atom is -0.373 e. The Morgan fingerprint density at radius 1 is 1.21 bits per heavy atom. The third-order valence-corrected chi connectivity index (χ3v) is 10.8. The van der Waals surface area contributed by atoms with Crippen LogP contribution in [0.15, 0.2) is 30.9 Å². The number of rotatable bonds is 6. The van der Waals surface area contributed by atoms with Gasteiger partial charge in [-0.25, -0.2) is 0 Å². The van der Waals surface area contributed by atoms with Crippen LogP contribution >= 0.6 is 0 Å². The topological polar surface area (TPSA) is 104 Å². The van der Waals surface area contributed by atoms with Crippen LogP contribution in [-0.2, 0) is 20.7 Å². The SMILES string of the molecule is C=CC(=O)N1CCN(C2NC(OCC3CCCN3C)NC3C(=O)[C@]4(CCC32)Cc2ccc(C)cc2N(C)C4)CC1CC#N. The van der Waals surface area contributed by atoms with E-state index in [1.807, 2.05) is 0 Å². The molecule has 0 radical (unpaired) electrons. The average molecular weight is 590 g/mol. The standard InChI is InChI=1S/C33H47N7O3/c1-5-28(41)40-16-15-39(19-24(40)11-13-34)31-26-10-12-33(18-23-9-8-22(2)17-27(23)38(4)21-33)30(42)29(26)35-32(36-31)43-20-25-7-6-14-37(25)3/h5,8-9,17,24-26,29,31-32,35-36H,1,6-7,10-12,14-16,18-21H2,2-4H3/t24?,25?,26?,29?,31?,32?,33-/m1/s1. The van der Waals surface area contributed by atoms with E-state index in [0.29, 0.717) is 32.3 Å². The fraction of sp³-hybridized carbons (Fsp3) is 0.667. The van der Waals surface area contributed by atoms with Gasteiger partial charge in [-0.3, -0.25) is 25.1 Å². The van der Waals surface area contributed by atoms with Gasteiger partial charge >= 0.3 is 0 Å². The molecular formula is C33H47N7O3. The molecule has 2 N–H and O–H groups in total. The first kappa shape index (κ1) is 30.2. The van der Waals surface area contributed by atoms with Gasteiger partial charge in [-0.05, 0) is 75.9 Å². The maximum absolute atomic E-state index is 14.7. The Morgan fingerprint density at radius 3 is 2.79 bits per heavy atom. The molecule has 0 aromatic heterocycles. The van der Waals surface area contributed by atoms with Gasteiger partial charge in [-0.1, -0.05) is 18.7 Å². The molecular weight excluding hydrogens is 542 g/mol. The third-order valence-electron chi connectivity index (χ3n) is 10.8. The van der Waals surface area contributed by atoms with Crippen molar-refractivity contribution in [1.82, 2.24) is 25.3 Å². The number of likely N-dealkylation sites (tertiary alicyclic amines) is 1. The lowest BCUT2D eigenvalue weighted by Crippen LogP contribution is -2.75. The van der Waals surface area contributed by atoms with Crippen molar-refractivity contribution in [2.24, 2.45) is 11.3 Å². The van der Waals surface area contributed by atoms with Gasteiger partial charge < -0.3 is 19.4 Å². The summed E-state index contributed by atoms with van der Waals surface area (Å²) in [7, 11) is 4.26. The number of Topliss-reactive ketones (excluding diaryl/α,β-unsaturated/α-hetero) is 1. The van der Waals surface area contributed by atoms with Crippen molar-refractivity contribution in [3.63, 3.8) is 0 Å². The molecule has 1 aliphatic carbocycles. The molecule has 1 aromatic rings. The largest absolute Gasteiger partial charge is 0.373 e. The minimum absolute atomic E-state index is 0.0567. The number of nitrogens with one attached hydrogen (secondary N) is 2. The van der Waals surface area contributed by atoms with Crippen LogP contribution in [0.4, 0.5) is 5.69 Å². The normalized spacial score (nSPS) is 35.0. The third kappa shape index (κ3) is 5.74. The second-order valence-electron chi connectivity index (χ2n) is 13.5. The van der Waals surface area contributed by atoms with E-state index >= 15 is 0 Å². The Bertz CT molecular complexity index is 1280. The van der Waals surface area contributed by atoms with Crippen molar-refractivity contribution in [1.29, 1.82) is 5.26 Å². The molecule has 4 heterocycles. The number of piperazine rings is 1. The van der Waals surface area contributed by atoms with Crippen LogP contribution in [0.5, 0.6) is 0 Å². The van der Waals surface area contributed by atoms with Gasteiger partial charge in [-0.2, -0.15) is 5.26 Å². The molecule has 6 unspecified atom stereocenters. The Labute approximate surface area is 256 Å². The molecule has 0 bridgehead atoms. The number of nitrogens with zero attached hydrogens (tertiary/aromatic N) is 5. The van der Waals surface area contributed by atoms with E-state index in [9.17, 15) is 14.9 Å². The number of aryl methyl sites for hydroxylation is 1. The number of hydrogen-bond acceptors (Lipinski definition) is 9. The second kappa shape index (κ2) is 12.3. The Kier molecular flexibility index (Phi) is 8.64. The molecule has 4 aliphatic heterocycles. The Hall–Kier alpha value is -2.81. The lowest BCUT2D eigenvalue weighted by molar-refractivity contribution is -0.152. The van der Waals surface area contributed by atoms with Crippen LogP contribution in [0.2, 0.25) is 0 Å². The summed E-state index contributed by atoms with van der Waals surface area (Å²) in [4.78, 5) is 36.0. The molecule has 1 aromatic carbocycles. The van der Waals surface area contributed by atoms with Crippen molar-refractivity contribution in [2.45, 2.75) is 76.1 Å². The fourth-order valence-electron chi connectivity index (χ4n) is 8.45. The van der Waals surface area contributed by atoms with Crippen molar-refractivity contribution >= 4 is 17.4 Å². The predicted molar refractivity (Wildman–Crippen MR) is 165 cm³/mol.